The van der Waals surface area contributed by atoms with Gasteiger partial charge in [-0.25, -0.2) is 0 Å². The van der Waals surface area contributed by atoms with Crippen LogP contribution in [0.3, 0.4) is 0 Å². The molecule has 0 aromatic rings. The van der Waals surface area contributed by atoms with E-state index in [0.717, 1.165) is 45.8 Å². The topological polar surface area (TPSA) is 41.9 Å². The summed E-state index contributed by atoms with van der Waals surface area (Å²) in [5.74, 6) is 0. The van der Waals surface area contributed by atoms with Gasteiger partial charge < -0.3 is 19.5 Å². The number of aliphatic hydroxyl groups excluding tert-OH is 1. The molecular formula is C11H23NO3. The quantitative estimate of drug-likeness (QED) is 0.697. The second kappa shape index (κ2) is 6.43. The SMILES string of the molecule is COCCN(C)CC1(CO)CCOCC1. The van der Waals surface area contributed by atoms with Crippen molar-refractivity contribution < 1.29 is 14.6 Å². The van der Waals surface area contributed by atoms with Gasteiger partial charge in [-0.3, -0.25) is 0 Å². The highest BCUT2D eigenvalue weighted by molar-refractivity contribution is 4.83. The third kappa shape index (κ3) is 4.07. The Bertz CT molecular complexity index is 169. The van der Waals surface area contributed by atoms with Crippen LogP contribution in [0, 0.1) is 5.41 Å². The van der Waals surface area contributed by atoms with Crippen LogP contribution in [0.25, 0.3) is 0 Å². The van der Waals surface area contributed by atoms with Gasteiger partial charge in [-0.15, -0.1) is 0 Å². The van der Waals surface area contributed by atoms with E-state index in [-0.39, 0.29) is 12.0 Å². The van der Waals surface area contributed by atoms with E-state index >= 15 is 0 Å². The molecule has 1 heterocycles. The number of hydrogen-bond acceptors (Lipinski definition) is 4. The Morgan fingerprint density at radius 2 is 2.07 bits per heavy atom. The molecule has 0 bridgehead atoms. The second-order valence-electron chi connectivity index (χ2n) is 4.50. The molecule has 1 aliphatic heterocycles. The molecule has 1 N–H and O–H groups in total. The summed E-state index contributed by atoms with van der Waals surface area (Å²) >= 11 is 0. The van der Waals surface area contributed by atoms with Gasteiger partial charge in [0.2, 0.25) is 0 Å². The molecule has 4 nitrogen and oxygen atoms in total. The van der Waals surface area contributed by atoms with Crippen molar-refractivity contribution in [2.24, 2.45) is 5.41 Å². The summed E-state index contributed by atoms with van der Waals surface area (Å²) in [5, 5.41) is 9.50. The molecule has 1 aliphatic rings. The highest BCUT2D eigenvalue weighted by Gasteiger charge is 2.32. The molecule has 4 heteroatoms. The van der Waals surface area contributed by atoms with Crippen molar-refractivity contribution >= 4 is 0 Å². The number of hydrogen-bond donors (Lipinski definition) is 1. The zero-order valence-corrected chi connectivity index (χ0v) is 9.87. The molecule has 0 spiro atoms. The summed E-state index contributed by atoms with van der Waals surface area (Å²) in [6, 6.07) is 0. The van der Waals surface area contributed by atoms with E-state index in [2.05, 4.69) is 11.9 Å². The van der Waals surface area contributed by atoms with Crippen molar-refractivity contribution in [3.05, 3.63) is 0 Å². The fourth-order valence-corrected chi connectivity index (χ4v) is 2.07. The first-order valence-electron chi connectivity index (χ1n) is 5.58. The number of methoxy groups -OCH3 is 1. The van der Waals surface area contributed by atoms with E-state index in [1.54, 1.807) is 7.11 Å². The zero-order valence-electron chi connectivity index (χ0n) is 9.87. The molecule has 90 valence electrons. The zero-order chi connectivity index (χ0) is 11.1. The number of nitrogens with zero attached hydrogens (tertiary/aromatic N) is 1. The standard InChI is InChI=1S/C11H23NO3/c1-12(5-8-14-2)9-11(10-13)3-6-15-7-4-11/h13H,3-10H2,1-2H3. The van der Waals surface area contributed by atoms with Crippen molar-refractivity contribution in [2.75, 3.05) is 53.7 Å². The Kier molecular flexibility index (Phi) is 5.53. The summed E-state index contributed by atoms with van der Waals surface area (Å²) in [6.07, 6.45) is 1.92. The predicted molar refractivity (Wildman–Crippen MR) is 58.9 cm³/mol. The average Bonchev–Trinajstić information content (AvgIpc) is 2.27. The Morgan fingerprint density at radius 3 is 2.60 bits per heavy atom. The fourth-order valence-electron chi connectivity index (χ4n) is 2.07. The van der Waals surface area contributed by atoms with Gasteiger partial charge in [0.1, 0.15) is 0 Å². The lowest BCUT2D eigenvalue weighted by atomic mass is 9.80. The number of ether oxygens (including phenoxy) is 2. The van der Waals surface area contributed by atoms with Crippen molar-refractivity contribution in [2.45, 2.75) is 12.8 Å². The van der Waals surface area contributed by atoms with Crippen LogP contribution in [-0.4, -0.2) is 63.7 Å². The van der Waals surface area contributed by atoms with Gasteiger partial charge in [0.05, 0.1) is 13.2 Å². The highest BCUT2D eigenvalue weighted by atomic mass is 16.5. The van der Waals surface area contributed by atoms with Crippen LogP contribution in [0.4, 0.5) is 0 Å². The summed E-state index contributed by atoms with van der Waals surface area (Å²) in [6.45, 7) is 4.40. The van der Waals surface area contributed by atoms with E-state index in [4.69, 9.17) is 9.47 Å². The van der Waals surface area contributed by atoms with Gasteiger partial charge in [0.15, 0.2) is 0 Å². The molecule has 15 heavy (non-hydrogen) atoms. The van der Waals surface area contributed by atoms with Crippen LogP contribution in [-0.2, 0) is 9.47 Å². The lowest BCUT2D eigenvalue weighted by Crippen LogP contribution is -2.43. The molecule has 0 aliphatic carbocycles. The average molecular weight is 217 g/mol. The Morgan fingerprint density at radius 1 is 1.40 bits per heavy atom. The lowest BCUT2D eigenvalue weighted by molar-refractivity contribution is -0.0328. The first-order valence-corrected chi connectivity index (χ1v) is 5.58. The van der Waals surface area contributed by atoms with E-state index < -0.39 is 0 Å². The van der Waals surface area contributed by atoms with E-state index in [0.29, 0.717) is 0 Å². The molecule has 1 fully saturated rings. The fraction of sp³-hybridized carbons (Fsp3) is 1.00. The Hall–Kier alpha value is -0.160. The van der Waals surface area contributed by atoms with Crippen LogP contribution < -0.4 is 0 Å². The maximum absolute atomic E-state index is 9.50. The van der Waals surface area contributed by atoms with Crippen LogP contribution in [0.5, 0.6) is 0 Å². The van der Waals surface area contributed by atoms with Crippen LogP contribution in [0.15, 0.2) is 0 Å². The minimum absolute atomic E-state index is 0.0424. The molecule has 1 rings (SSSR count). The third-order valence-corrected chi connectivity index (χ3v) is 3.17. The smallest absolute Gasteiger partial charge is 0.0589 e. The monoisotopic (exact) mass is 217 g/mol. The van der Waals surface area contributed by atoms with Crippen molar-refractivity contribution in [3.8, 4) is 0 Å². The molecule has 0 aromatic carbocycles. The first-order chi connectivity index (χ1) is 7.22. The predicted octanol–water partition coefficient (Wildman–Crippen LogP) is 0.354. The molecule has 0 radical (unpaired) electrons. The minimum atomic E-state index is 0.0424. The van der Waals surface area contributed by atoms with Gasteiger partial charge in [0.25, 0.3) is 0 Å². The summed E-state index contributed by atoms with van der Waals surface area (Å²) in [7, 11) is 3.79. The van der Waals surface area contributed by atoms with Crippen LogP contribution in [0.1, 0.15) is 12.8 Å². The minimum Gasteiger partial charge on any atom is -0.396 e. The first kappa shape index (κ1) is 12.9. The molecule has 0 saturated carbocycles. The number of aliphatic hydroxyl groups is 1. The van der Waals surface area contributed by atoms with Gasteiger partial charge in [0, 0.05) is 38.8 Å². The van der Waals surface area contributed by atoms with Gasteiger partial charge in [-0.1, -0.05) is 0 Å². The maximum atomic E-state index is 9.50. The van der Waals surface area contributed by atoms with Crippen molar-refractivity contribution in [3.63, 3.8) is 0 Å². The lowest BCUT2D eigenvalue weighted by Gasteiger charge is -2.38. The van der Waals surface area contributed by atoms with Crippen LogP contribution >= 0.6 is 0 Å². The van der Waals surface area contributed by atoms with E-state index in [1.165, 1.54) is 0 Å². The van der Waals surface area contributed by atoms with Crippen LogP contribution in [0.2, 0.25) is 0 Å². The normalized spacial score (nSPS) is 20.8. The van der Waals surface area contributed by atoms with E-state index in [9.17, 15) is 5.11 Å². The van der Waals surface area contributed by atoms with E-state index in [1.807, 2.05) is 0 Å². The van der Waals surface area contributed by atoms with Crippen molar-refractivity contribution in [1.82, 2.24) is 4.90 Å². The molecule has 0 unspecified atom stereocenters. The maximum Gasteiger partial charge on any atom is 0.0589 e. The van der Waals surface area contributed by atoms with Gasteiger partial charge in [-0.2, -0.15) is 0 Å². The molecule has 1 saturated heterocycles. The molecule has 0 atom stereocenters. The largest absolute Gasteiger partial charge is 0.396 e. The van der Waals surface area contributed by atoms with Gasteiger partial charge >= 0.3 is 0 Å². The number of likely N-dealkylation sites (N-methyl/N-ethyl adjacent to an activating group) is 1. The Labute approximate surface area is 92.2 Å². The molecule has 0 aromatic heterocycles. The Balaban J connectivity index is 2.37. The summed E-state index contributed by atoms with van der Waals surface area (Å²) in [5.41, 5.74) is 0.0424. The number of rotatable bonds is 6. The highest BCUT2D eigenvalue weighted by Crippen LogP contribution is 2.30. The molecule has 0 amide bonds. The summed E-state index contributed by atoms with van der Waals surface area (Å²) < 4.78 is 10.4. The van der Waals surface area contributed by atoms with Crippen molar-refractivity contribution in [1.29, 1.82) is 0 Å². The second-order valence-corrected chi connectivity index (χ2v) is 4.50. The van der Waals surface area contributed by atoms with Gasteiger partial charge in [-0.05, 0) is 19.9 Å². The molecular weight excluding hydrogens is 194 g/mol. The summed E-state index contributed by atoms with van der Waals surface area (Å²) in [4.78, 5) is 2.23. The third-order valence-electron chi connectivity index (χ3n) is 3.17.